The second-order valence-electron chi connectivity index (χ2n) is 4.91. The van der Waals surface area contributed by atoms with Crippen molar-refractivity contribution in [2.75, 3.05) is 7.05 Å². The van der Waals surface area contributed by atoms with E-state index in [9.17, 15) is 14.0 Å². The number of nitrogens with zero attached hydrogens (tertiary/aromatic N) is 1. The van der Waals surface area contributed by atoms with Crippen LogP contribution in [0, 0.1) is 5.82 Å². The van der Waals surface area contributed by atoms with Gasteiger partial charge in [0.05, 0.1) is 0 Å². The Morgan fingerprint density at radius 1 is 1.55 bits per heavy atom. The molecule has 1 N–H and O–H groups in total. The zero-order valence-corrected chi connectivity index (χ0v) is 11.9. The molecule has 108 valence electrons. The summed E-state index contributed by atoms with van der Waals surface area (Å²) in [5.41, 5.74) is 0.284. The number of carbonyl (C=O) groups is 2. The normalized spacial score (nSPS) is 18.6. The lowest BCUT2D eigenvalue weighted by Gasteiger charge is -2.27. The van der Waals surface area contributed by atoms with Crippen LogP contribution in [0.4, 0.5) is 4.39 Å². The van der Waals surface area contributed by atoms with Gasteiger partial charge in [0.25, 0.3) is 0 Å². The van der Waals surface area contributed by atoms with Gasteiger partial charge < -0.3 is 10.2 Å². The Morgan fingerprint density at radius 2 is 2.30 bits per heavy atom. The molecule has 2 amide bonds. The first-order chi connectivity index (χ1) is 9.49. The van der Waals surface area contributed by atoms with E-state index in [1.807, 2.05) is 0 Å². The van der Waals surface area contributed by atoms with Gasteiger partial charge in [-0.15, -0.1) is 0 Å². The fraction of sp³-hybridized carbons (Fsp3) is 0.429. The van der Waals surface area contributed by atoms with E-state index < -0.39 is 11.9 Å². The molecular weight excluding hydrogens is 283 g/mol. The number of rotatable bonds is 3. The number of piperidine rings is 1. The minimum absolute atomic E-state index is 0.0801. The molecule has 0 radical (unpaired) electrons. The number of amides is 2. The summed E-state index contributed by atoms with van der Waals surface area (Å²) < 4.78 is 13.7. The maximum absolute atomic E-state index is 13.7. The second-order valence-corrected chi connectivity index (χ2v) is 5.31. The standard InChI is InChI=1S/C14H16ClFN2O2/c1-18(8-9-10(15)4-2-5-11(9)16)14(20)12-6-3-7-13(19)17-12/h2,4-5,12H,3,6-8H2,1H3,(H,17,19)/t12-/m1/s1. The molecule has 6 heteroatoms. The molecule has 1 aromatic carbocycles. The van der Waals surface area contributed by atoms with Crippen LogP contribution >= 0.6 is 11.6 Å². The first kappa shape index (κ1) is 14.8. The van der Waals surface area contributed by atoms with E-state index in [2.05, 4.69) is 5.32 Å². The Labute approximate surface area is 121 Å². The number of carbonyl (C=O) groups excluding carboxylic acids is 2. The average molecular weight is 299 g/mol. The maximum atomic E-state index is 13.7. The van der Waals surface area contributed by atoms with Crippen LogP contribution in [0.25, 0.3) is 0 Å². The third kappa shape index (κ3) is 3.28. The Balaban J connectivity index is 2.06. The van der Waals surface area contributed by atoms with Crippen molar-refractivity contribution in [2.45, 2.75) is 31.8 Å². The Hall–Kier alpha value is -1.62. The molecule has 0 bridgehead atoms. The van der Waals surface area contributed by atoms with Crippen LogP contribution in [-0.4, -0.2) is 29.8 Å². The number of hydrogen-bond acceptors (Lipinski definition) is 2. The summed E-state index contributed by atoms with van der Waals surface area (Å²) in [7, 11) is 1.58. The molecule has 1 atom stereocenters. The topological polar surface area (TPSA) is 49.4 Å². The van der Waals surface area contributed by atoms with Gasteiger partial charge in [0.2, 0.25) is 11.8 Å². The van der Waals surface area contributed by atoms with Crippen LogP contribution in [0.2, 0.25) is 5.02 Å². The molecule has 1 aliphatic rings. The summed E-state index contributed by atoms with van der Waals surface area (Å²) in [5, 5.41) is 2.94. The number of likely N-dealkylation sites (N-methyl/N-ethyl adjacent to an activating group) is 1. The van der Waals surface area contributed by atoms with Gasteiger partial charge in [-0.1, -0.05) is 17.7 Å². The largest absolute Gasteiger partial charge is 0.344 e. The van der Waals surface area contributed by atoms with Crippen LogP contribution in [-0.2, 0) is 16.1 Å². The number of hydrogen-bond donors (Lipinski definition) is 1. The lowest BCUT2D eigenvalue weighted by molar-refractivity contribution is -0.137. The number of halogens is 2. The van der Waals surface area contributed by atoms with Crippen molar-refractivity contribution in [3.63, 3.8) is 0 Å². The molecule has 0 aromatic heterocycles. The number of benzene rings is 1. The van der Waals surface area contributed by atoms with Crippen LogP contribution in [0.5, 0.6) is 0 Å². The van der Waals surface area contributed by atoms with Gasteiger partial charge >= 0.3 is 0 Å². The fourth-order valence-electron chi connectivity index (χ4n) is 2.26. The summed E-state index contributed by atoms with van der Waals surface area (Å²) in [5.74, 6) is -0.783. The summed E-state index contributed by atoms with van der Waals surface area (Å²) in [4.78, 5) is 24.9. The van der Waals surface area contributed by atoms with Crippen molar-refractivity contribution in [1.82, 2.24) is 10.2 Å². The van der Waals surface area contributed by atoms with Gasteiger partial charge in [-0.05, 0) is 25.0 Å². The molecule has 1 aromatic rings. The molecule has 20 heavy (non-hydrogen) atoms. The van der Waals surface area contributed by atoms with Gasteiger partial charge in [-0.25, -0.2) is 4.39 Å². The van der Waals surface area contributed by atoms with Crippen molar-refractivity contribution < 1.29 is 14.0 Å². The van der Waals surface area contributed by atoms with Crippen molar-refractivity contribution in [1.29, 1.82) is 0 Å². The Kier molecular flexibility index (Phi) is 4.60. The molecule has 0 saturated carbocycles. The Bertz CT molecular complexity index is 516. The molecule has 0 unspecified atom stereocenters. The van der Waals surface area contributed by atoms with Crippen LogP contribution in [0.15, 0.2) is 18.2 Å². The van der Waals surface area contributed by atoms with Gasteiger partial charge in [-0.3, -0.25) is 9.59 Å². The van der Waals surface area contributed by atoms with Crippen molar-refractivity contribution in [3.8, 4) is 0 Å². The lowest BCUT2D eigenvalue weighted by atomic mass is 10.0. The highest BCUT2D eigenvalue weighted by atomic mass is 35.5. The van der Waals surface area contributed by atoms with Gasteiger partial charge in [0.15, 0.2) is 0 Å². The third-order valence-corrected chi connectivity index (χ3v) is 3.72. The summed E-state index contributed by atoms with van der Waals surface area (Å²) in [6.07, 6.45) is 1.75. The van der Waals surface area contributed by atoms with E-state index in [-0.39, 0.29) is 28.9 Å². The highest BCUT2D eigenvalue weighted by Crippen LogP contribution is 2.21. The molecule has 1 heterocycles. The predicted octanol–water partition coefficient (Wildman–Crippen LogP) is 2.11. The molecule has 1 saturated heterocycles. The van der Waals surface area contributed by atoms with Gasteiger partial charge in [-0.2, -0.15) is 0 Å². The van der Waals surface area contributed by atoms with E-state index in [1.54, 1.807) is 13.1 Å². The minimum Gasteiger partial charge on any atom is -0.344 e. The average Bonchev–Trinajstić information content (AvgIpc) is 2.42. The first-order valence-corrected chi connectivity index (χ1v) is 6.84. The van der Waals surface area contributed by atoms with Crippen LogP contribution in [0.3, 0.4) is 0 Å². The smallest absolute Gasteiger partial charge is 0.245 e. The van der Waals surface area contributed by atoms with Crippen LogP contribution in [0.1, 0.15) is 24.8 Å². The van der Waals surface area contributed by atoms with Crippen molar-refractivity contribution in [2.24, 2.45) is 0 Å². The van der Waals surface area contributed by atoms with Crippen molar-refractivity contribution in [3.05, 3.63) is 34.6 Å². The van der Waals surface area contributed by atoms with Gasteiger partial charge in [0, 0.05) is 30.6 Å². The predicted molar refractivity (Wildman–Crippen MR) is 73.7 cm³/mol. The van der Waals surface area contributed by atoms with E-state index in [0.717, 1.165) is 0 Å². The zero-order valence-electron chi connectivity index (χ0n) is 11.2. The maximum Gasteiger partial charge on any atom is 0.245 e. The highest BCUT2D eigenvalue weighted by molar-refractivity contribution is 6.31. The summed E-state index contributed by atoms with van der Waals surface area (Å²) >= 11 is 5.94. The highest BCUT2D eigenvalue weighted by Gasteiger charge is 2.27. The molecule has 4 nitrogen and oxygen atoms in total. The van der Waals surface area contributed by atoms with Crippen LogP contribution < -0.4 is 5.32 Å². The second kappa shape index (κ2) is 6.22. The monoisotopic (exact) mass is 298 g/mol. The molecule has 0 spiro atoms. The molecule has 2 rings (SSSR count). The molecule has 0 aliphatic carbocycles. The minimum atomic E-state index is -0.521. The summed E-state index contributed by atoms with van der Waals surface area (Å²) in [6, 6.07) is 3.89. The fourth-order valence-corrected chi connectivity index (χ4v) is 2.48. The summed E-state index contributed by atoms with van der Waals surface area (Å²) in [6.45, 7) is 0.0801. The first-order valence-electron chi connectivity index (χ1n) is 6.46. The Morgan fingerprint density at radius 3 is 2.95 bits per heavy atom. The lowest BCUT2D eigenvalue weighted by Crippen LogP contribution is -2.49. The molecule has 1 fully saturated rings. The molecular formula is C14H16ClFN2O2. The third-order valence-electron chi connectivity index (χ3n) is 3.36. The zero-order chi connectivity index (χ0) is 14.7. The molecule has 1 aliphatic heterocycles. The van der Waals surface area contributed by atoms with Crippen molar-refractivity contribution >= 4 is 23.4 Å². The van der Waals surface area contributed by atoms with E-state index in [0.29, 0.717) is 19.3 Å². The van der Waals surface area contributed by atoms with E-state index in [1.165, 1.54) is 17.0 Å². The van der Waals surface area contributed by atoms with E-state index in [4.69, 9.17) is 11.6 Å². The van der Waals surface area contributed by atoms with E-state index >= 15 is 0 Å². The SMILES string of the molecule is CN(Cc1c(F)cccc1Cl)C(=O)[C@H]1CCCC(=O)N1. The number of nitrogens with one attached hydrogen (secondary N) is 1. The van der Waals surface area contributed by atoms with Gasteiger partial charge in [0.1, 0.15) is 11.9 Å². The quantitative estimate of drug-likeness (QED) is 0.929.